The average Bonchev–Trinajstić information content (AvgIpc) is 2.66. The van der Waals surface area contributed by atoms with Gasteiger partial charge in [0, 0.05) is 12.1 Å². The number of carbonyl (C=O) groups excluding carboxylic acids is 2. The summed E-state index contributed by atoms with van der Waals surface area (Å²) in [5.41, 5.74) is -1.19. The van der Waals surface area contributed by atoms with Crippen molar-refractivity contribution in [1.29, 1.82) is 0 Å². The van der Waals surface area contributed by atoms with Crippen LogP contribution in [-0.2, 0) is 14.8 Å². The van der Waals surface area contributed by atoms with Crippen LogP contribution in [-0.4, -0.2) is 49.0 Å². The average molecular weight is 443 g/mol. The van der Waals surface area contributed by atoms with Crippen molar-refractivity contribution in [2.75, 3.05) is 19.0 Å². The molecule has 0 bridgehead atoms. The number of nitrogens with zero attached hydrogens (tertiary/aromatic N) is 3. The van der Waals surface area contributed by atoms with Gasteiger partial charge in [0.1, 0.15) is 4.90 Å². The number of benzene rings is 1. The number of nitrogens with one attached hydrogen (secondary N) is 2. The molecule has 1 aromatic heterocycles. The fraction of sp³-hybridized carbons (Fsp3) is 0.200. The maximum atomic E-state index is 13.4. The zero-order valence-corrected chi connectivity index (χ0v) is 16.2. The molecule has 2 N–H and O–H groups in total. The van der Waals surface area contributed by atoms with Crippen molar-refractivity contribution in [3.8, 4) is 5.88 Å². The lowest BCUT2D eigenvalue weighted by Gasteiger charge is -2.11. The van der Waals surface area contributed by atoms with Crippen LogP contribution in [0.3, 0.4) is 0 Å². The Kier molecular flexibility index (Phi) is 6.78. The Morgan fingerprint density at radius 2 is 1.97 bits per heavy atom. The Labute approximate surface area is 168 Å². The van der Waals surface area contributed by atoms with Crippen LogP contribution >= 0.6 is 0 Å². The highest BCUT2D eigenvalue weighted by atomic mass is 32.2. The minimum absolute atomic E-state index is 0.0953. The topological polar surface area (TPSA) is 180 Å². The third-order valence-electron chi connectivity index (χ3n) is 3.29. The SMILES string of the molecule is CCOC(=O)c1ccc([N+](=O)[O-])cc1S(=O)(=O)NC(=O)Nc1nc(F)cc(OC)n1. The standard InChI is InChI=1S/C15H14FN5O8S/c1-3-29-13(22)9-5-4-8(21(24)25)6-10(9)30(26,27)20-15(23)19-14-17-11(16)7-12(18-14)28-2/h4-7H,3H2,1-2H3,(H2,17,18,19,20,23). The van der Waals surface area contributed by atoms with E-state index in [1.54, 1.807) is 0 Å². The third kappa shape index (κ3) is 5.34. The molecule has 0 aliphatic rings. The number of nitro groups is 1. The van der Waals surface area contributed by atoms with Crippen molar-refractivity contribution >= 4 is 33.7 Å². The molecule has 30 heavy (non-hydrogen) atoms. The molecule has 0 atom stereocenters. The van der Waals surface area contributed by atoms with Gasteiger partial charge in [-0.1, -0.05) is 0 Å². The predicted octanol–water partition coefficient (Wildman–Crippen LogP) is 1.22. The van der Waals surface area contributed by atoms with Crippen LogP contribution in [0.15, 0.2) is 29.2 Å². The molecule has 2 aromatic rings. The van der Waals surface area contributed by atoms with Gasteiger partial charge < -0.3 is 9.47 Å². The lowest BCUT2D eigenvalue weighted by molar-refractivity contribution is -0.385. The Hall–Kier alpha value is -3.88. The van der Waals surface area contributed by atoms with Crippen LogP contribution in [0.1, 0.15) is 17.3 Å². The summed E-state index contributed by atoms with van der Waals surface area (Å²) in [5, 5.41) is 12.8. The second-order valence-electron chi connectivity index (χ2n) is 5.27. The lowest BCUT2D eigenvalue weighted by atomic mass is 10.2. The number of rotatable bonds is 7. The van der Waals surface area contributed by atoms with Crippen molar-refractivity contribution in [2.45, 2.75) is 11.8 Å². The monoisotopic (exact) mass is 443 g/mol. The maximum absolute atomic E-state index is 13.4. The highest BCUT2D eigenvalue weighted by Crippen LogP contribution is 2.23. The van der Waals surface area contributed by atoms with E-state index in [9.17, 15) is 32.5 Å². The molecule has 0 spiro atoms. The molecule has 160 valence electrons. The zero-order chi connectivity index (χ0) is 22.5. The number of carbonyl (C=O) groups is 2. The minimum Gasteiger partial charge on any atom is -0.481 e. The minimum atomic E-state index is -4.80. The van der Waals surface area contributed by atoms with E-state index >= 15 is 0 Å². The number of sulfonamides is 1. The fourth-order valence-electron chi connectivity index (χ4n) is 2.09. The molecule has 0 saturated heterocycles. The molecule has 0 aliphatic carbocycles. The summed E-state index contributed by atoms with van der Waals surface area (Å²) >= 11 is 0. The van der Waals surface area contributed by atoms with E-state index in [2.05, 4.69) is 9.97 Å². The quantitative estimate of drug-likeness (QED) is 0.273. The molecule has 13 nitrogen and oxygen atoms in total. The van der Waals surface area contributed by atoms with Gasteiger partial charge in [-0.15, -0.1) is 0 Å². The lowest BCUT2D eigenvalue weighted by Crippen LogP contribution is -2.35. The molecule has 0 fully saturated rings. The molecule has 1 aromatic carbocycles. The number of aromatic nitrogens is 2. The second-order valence-corrected chi connectivity index (χ2v) is 6.93. The number of amides is 2. The van der Waals surface area contributed by atoms with Gasteiger partial charge in [-0.2, -0.15) is 14.4 Å². The normalized spacial score (nSPS) is 10.8. The van der Waals surface area contributed by atoms with Crippen LogP contribution in [0.25, 0.3) is 0 Å². The van der Waals surface area contributed by atoms with Gasteiger partial charge in [0.05, 0.1) is 30.3 Å². The molecule has 2 amide bonds. The predicted molar refractivity (Wildman–Crippen MR) is 96.9 cm³/mol. The first kappa shape index (κ1) is 22.4. The number of non-ortho nitro benzene ring substituents is 1. The van der Waals surface area contributed by atoms with Gasteiger partial charge in [-0.3, -0.25) is 15.4 Å². The first-order valence-electron chi connectivity index (χ1n) is 7.95. The van der Waals surface area contributed by atoms with Gasteiger partial charge in [-0.05, 0) is 13.0 Å². The molecular weight excluding hydrogens is 429 g/mol. The van der Waals surface area contributed by atoms with Crippen LogP contribution in [0.2, 0.25) is 0 Å². The zero-order valence-electron chi connectivity index (χ0n) is 15.4. The van der Waals surface area contributed by atoms with Crippen molar-refractivity contribution in [2.24, 2.45) is 0 Å². The number of halogens is 1. The van der Waals surface area contributed by atoms with E-state index in [0.29, 0.717) is 6.07 Å². The molecule has 0 unspecified atom stereocenters. The summed E-state index contributed by atoms with van der Waals surface area (Å²) in [6, 6.07) is 1.75. The summed E-state index contributed by atoms with van der Waals surface area (Å²) in [6.45, 7) is 1.37. The molecule has 0 radical (unpaired) electrons. The number of hydrogen-bond donors (Lipinski definition) is 2. The summed E-state index contributed by atoms with van der Waals surface area (Å²) < 4.78 is 49.5. The summed E-state index contributed by atoms with van der Waals surface area (Å²) in [6.07, 6.45) is 0. The fourth-order valence-corrected chi connectivity index (χ4v) is 3.21. The van der Waals surface area contributed by atoms with Gasteiger partial charge in [0.15, 0.2) is 0 Å². The largest absolute Gasteiger partial charge is 0.481 e. The number of ether oxygens (including phenoxy) is 2. The van der Waals surface area contributed by atoms with Crippen molar-refractivity contribution < 1.29 is 36.8 Å². The summed E-state index contributed by atoms with van der Waals surface area (Å²) in [4.78, 5) is 40.1. The Morgan fingerprint density at radius 3 is 2.57 bits per heavy atom. The Morgan fingerprint density at radius 1 is 1.27 bits per heavy atom. The molecule has 1 heterocycles. The van der Waals surface area contributed by atoms with Gasteiger partial charge >= 0.3 is 12.0 Å². The Bertz CT molecular complexity index is 1110. The number of hydrogen-bond acceptors (Lipinski definition) is 10. The molecular formula is C15H14FN5O8S. The van der Waals surface area contributed by atoms with Gasteiger partial charge in [0.25, 0.3) is 15.7 Å². The van der Waals surface area contributed by atoms with E-state index < -0.39 is 55.0 Å². The van der Waals surface area contributed by atoms with Crippen molar-refractivity contribution in [3.63, 3.8) is 0 Å². The van der Waals surface area contributed by atoms with E-state index in [4.69, 9.17) is 9.47 Å². The number of nitro benzene ring substituents is 1. The first-order chi connectivity index (χ1) is 14.1. The van der Waals surface area contributed by atoms with E-state index in [1.165, 1.54) is 18.8 Å². The highest BCUT2D eigenvalue weighted by molar-refractivity contribution is 7.90. The van der Waals surface area contributed by atoms with Crippen molar-refractivity contribution in [3.05, 3.63) is 45.9 Å². The van der Waals surface area contributed by atoms with Crippen LogP contribution in [0.5, 0.6) is 5.88 Å². The van der Waals surface area contributed by atoms with Crippen molar-refractivity contribution in [1.82, 2.24) is 14.7 Å². The number of anilines is 1. The van der Waals surface area contributed by atoms with Crippen LogP contribution in [0, 0.1) is 16.1 Å². The second kappa shape index (κ2) is 9.08. The van der Waals surface area contributed by atoms with Crippen LogP contribution < -0.4 is 14.8 Å². The van der Waals surface area contributed by atoms with Gasteiger partial charge in [0.2, 0.25) is 17.8 Å². The number of methoxy groups -OCH3 is 1. The number of esters is 1. The summed E-state index contributed by atoms with van der Waals surface area (Å²) in [5.74, 6) is -3.01. The molecule has 15 heteroatoms. The first-order valence-corrected chi connectivity index (χ1v) is 9.43. The number of urea groups is 1. The van der Waals surface area contributed by atoms with E-state index in [-0.39, 0.29) is 12.5 Å². The maximum Gasteiger partial charge on any atom is 0.339 e. The molecule has 0 saturated carbocycles. The molecule has 2 rings (SSSR count). The van der Waals surface area contributed by atoms with Gasteiger partial charge in [-0.25, -0.2) is 22.7 Å². The van der Waals surface area contributed by atoms with Crippen LogP contribution in [0.4, 0.5) is 20.8 Å². The Balaban J connectivity index is 2.36. The summed E-state index contributed by atoms with van der Waals surface area (Å²) in [7, 11) is -3.63. The molecule has 0 aliphatic heterocycles. The highest BCUT2D eigenvalue weighted by Gasteiger charge is 2.28. The van der Waals surface area contributed by atoms with E-state index in [1.807, 2.05) is 5.32 Å². The third-order valence-corrected chi connectivity index (χ3v) is 4.66. The van der Waals surface area contributed by atoms with E-state index in [0.717, 1.165) is 18.2 Å². The smallest absolute Gasteiger partial charge is 0.339 e.